The Labute approximate surface area is 202 Å². The van der Waals surface area contributed by atoms with E-state index in [0.29, 0.717) is 49.1 Å². The number of nitrogens with zero attached hydrogens (tertiary/aromatic N) is 2. The molecule has 0 bridgehead atoms. The zero-order valence-electron chi connectivity index (χ0n) is 19.6. The molecule has 3 aromatic carbocycles. The molecule has 34 heavy (non-hydrogen) atoms. The quantitative estimate of drug-likeness (QED) is 0.541. The smallest absolute Gasteiger partial charge is 0.255 e. The number of hydrogen-bond acceptors (Lipinski definition) is 4. The Morgan fingerprint density at radius 1 is 0.882 bits per heavy atom. The summed E-state index contributed by atoms with van der Waals surface area (Å²) in [4.78, 5) is 15.5. The first-order valence-electron chi connectivity index (χ1n) is 11.6. The van der Waals surface area contributed by atoms with E-state index in [0.717, 1.165) is 16.8 Å². The van der Waals surface area contributed by atoms with Crippen LogP contribution < -0.4 is 5.32 Å². The molecule has 0 atom stereocenters. The molecule has 178 valence electrons. The third-order valence-corrected chi connectivity index (χ3v) is 8.05. The summed E-state index contributed by atoms with van der Waals surface area (Å²) in [5.41, 5.74) is 3.59. The molecule has 0 saturated carbocycles. The molecule has 1 N–H and O–H groups in total. The number of para-hydroxylation sites is 1. The van der Waals surface area contributed by atoms with Gasteiger partial charge in [0.1, 0.15) is 0 Å². The summed E-state index contributed by atoms with van der Waals surface area (Å²) in [6.07, 6.45) is 0. The second kappa shape index (κ2) is 10.5. The van der Waals surface area contributed by atoms with E-state index in [1.807, 2.05) is 54.6 Å². The van der Waals surface area contributed by atoms with Crippen molar-refractivity contribution in [3.8, 4) is 0 Å². The van der Waals surface area contributed by atoms with Gasteiger partial charge in [-0.15, -0.1) is 0 Å². The Balaban J connectivity index is 1.38. The lowest BCUT2D eigenvalue weighted by atomic mass is 10.0. The van der Waals surface area contributed by atoms with Crippen LogP contribution in [0.5, 0.6) is 0 Å². The van der Waals surface area contributed by atoms with E-state index in [2.05, 4.69) is 24.1 Å². The van der Waals surface area contributed by atoms with Gasteiger partial charge < -0.3 is 5.32 Å². The predicted octanol–water partition coefficient (Wildman–Crippen LogP) is 4.57. The van der Waals surface area contributed by atoms with Crippen molar-refractivity contribution in [3.05, 3.63) is 95.6 Å². The van der Waals surface area contributed by atoms with Crippen LogP contribution in [-0.2, 0) is 16.6 Å². The summed E-state index contributed by atoms with van der Waals surface area (Å²) in [6.45, 7) is 7.07. The van der Waals surface area contributed by atoms with Crippen LogP contribution in [0.1, 0.15) is 41.3 Å². The van der Waals surface area contributed by atoms with Crippen LogP contribution in [0.3, 0.4) is 0 Å². The number of rotatable bonds is 7. The summed E-state index contributed by atoms with van der Waals surface area (Å²) in [5.74, 6) is 0.181. The van der Waals surface area contributed by atoms with Gasteiger partial charge in [-0.3, -0.25) is 9.69 Å². The Bertz CT molecular complexity index is 1230. The molecule has 1 saturated heterocycles. The highest BCUT2D eigenvalue weighted by molar-refractivity contribution is 7.89. The van der Waals surface area contributed by atoms with Crippen LogP contribution >= 0.6 is 0 Å². The number of carbonyl (C=O) groups excluding carboxylic acids is 1. The number of hydrogen-bond donors (Lipinski definition) is 1. The van der Waals surface area contributed by atoms with Crippen molar-refractivity contribution in [2.24, 2.45) is 0 Å². The van der Waals surface area contributed by atoms with Gasteiger partial charge in [0.2, 0.25) is 10.0 Å². The summed E-state index contributed by atoms with van der Waals surface area (Å²) in [5, 5.41) is 3.05. The summed E-state index contributed by atoms with van der Waals surface area (Å²) >= 11 is 0. The van der Waals surface area contributed by atoms with E-state index in [1.54, 1.807) is 28.6 Å². The van der Waals surface area contributed by atoms with Crippen LogP contribution in [0.25, 0.3) is 0 Å². The van der Waals surface area contributed by atoms with E-state index in [4.69, 9.17) is 0 Å². The minimum Gasteiger partial charge on any atom is -0.322 e. The molecule has 0 unspecified atom stereocenters. The van der Waals surface area contributed by atoms with Crippen molar-refractivity contribution in [1.29, 1.82) is 0 Å². The average molecular weight is 478 g/mol. The molecule has 1 heterocycles. The molecule has 0 aliphatic carbocycles. The van der Waals surface area contributed by atoms with Crippen molar-refractivity contribution >= 4 is 21.6 Å². The number of benzene rings is 3. The highest BCUT2D eigenvalue weighted by Gasteiger charge is 2.28. The zero-order chi connectivity index (χ0) is 24.1. The highest BCUT2D eigenvalue weighted by atomic mass is 32.2. The molecular weight excluding hydrogens is 446 g/mol. The van der Waals surface area contributed by atoms with E-state index in [-0.39, 0.29) is 5.91 Å². The van der Waals surface area contributed by atoms with Crippen LogP contribution in [0, 0.1) is 0 Å². The number of carbonyl (C=O) groups is 1. The highest BCUT2D eigenvalue weighted by Crippen LogP contribution is 2.24. The molecule has 0 radical (unpaired) electrons. The summed E-state index contributed by atoms with van der Waals surface area (Å²) in [7, 11) is -3.46. The maximum absolute atomic E-state index is 12.9. The van der Waals surface area contributed by atoms with Crippen molar-refractivity contribution < 1.29 is 13.2 Å². The second-order valence-electron chi connectivity index (χ2n) is 8.89. The Morgan fingerprint density at radius 2 is 1.56 bits per heavy atom. The van der Waals surface area contributed by atoms with Crippen LogP contribution in [0.4, 0.5) is 5.69 Å². The third-order valence-electron chi connectivity index (χ3n) is 6.14. The van der Waals surface area contributed by atoms with Gasteiger partial charge >= 0.3 is 0 Å². The molecule has 1 amide bonds. The minimum absolute atomic E-state index is 0.131. The van der Waals surface area contributed by atoms with E-state index in [1.165, 1.54) is 0 Å². The Kier molecular flexibility index (Phi) is 7.46. The zero-order valence-corrected chi connectivity index (χ0v) is 20.5. The topological polar surface area (TPSA) is 69.7 Å². The number of sulfonamides is 1. The molecule has 1 fully saturated rings. The lowest BCUT2D eigenvalue weighted by Crippen LogP contribution is -2.48. The van der Waals surface area contributed by atoms with Crippen molar-refractivity contribution in [3.63, 3.8) is 0 Å². The maximum atomic E-state index is 12.9. The summed E-state index contributed by atoms with van der Waals surface area (Å²) in [6, 6.07) is 24.1. The molecule has 0 spiro atoms. The van der Waals surface area contributed by atoms with Gasteiger partial charge in [0, 0.05) is 44.0 Å². The number of piperazine rings is 1. The Hall–Kier alpha value is -3.00. The van der Waals surface area contributed by atoms with Gasteiger partial charge in [0.25, 0.3) is 5.91 Å². The first kappa shape index (κ1) is 24.1. The summed E-state index contributed by atoms with van der Waals surface area (Å²) < 4.78 is 27.3. The molecule has 1 aliphatic rings. The maximum Gasteiger partial charge on any atom is 0.255 e. The molecule has 4 rings (SSSR count). The number of nitrogens with one attached hydrogen (secondary N) is 1. The number of anilines is 1. The van der Waals surface area contributed by atoms with Crippen LogP contribution in [0.15, 0.2) is 83.8 Å². The molecule has 3 aromatic rings. The van der Waals surface area contributed by atoms with E-state index >= 15 is 0 Å². The predicted molar refractivity (Wildman–Crippen MR) is 135 cm³/mol. The number of amides is 1. The van der Waals surface area contributed by atoms with Gasteiger partial charge in [-0.1, -0.05) is 62.4 Å². The molecule has 6 nitrogen and oxygen atoms in total. The fourth-order valence-electron chi connectivity index (χ4n) is 4.25. The van der Waals surface area contributed by atoms with Gasteiger partial charge in [0.05, 0.1) is 4.90 Å². The fourth-order valence-corrected chi connectivity index (χ4v) is 5.69. The monoisotopic (exact) mass is 477 g/mol. The average Bonchev–Trinajstić information content (AvgIpc) is 2.85. The minimum atomic E-state index is -3.46. The largest absolute Gasteiger partial charge is 0.322 e. The SMILES string of the molecule is CC(C)c1ccccc1NC(=O)c1cccc(CN2CCN(S(=O)(=O)c3ccccc3)CC2)c1. The lowest BCUT2D eigenvalue weighted by Gasteiger charge is -2.34. The van der Waals surface area contributed by atoms with Crippen molar-refractivity contribution in [1.82, 2.24) is 9.21 Å². The van der Waals surface area contributed by atoms with Gasteiger partial charge in [-0.25, -0.2) is 8.42 Å². The first-order chi connectivity index (χ1) is 16.3. The van der Waals surface area contributed by atoms with Crippen LogP contribution in [-0.4, -0.2) is 49.7 Å². The molecule has 7 heteroatoms. The Morgan fingerprint density at radius 3 is 2.26 bits per heavy atom. The fraction of sp³-hybridized carbons (Fsp3) is 0.296. The van der Waals surface area contributed by atoms with Gasteiger partial charge in [-0.2, -0.15) is 4.31 Å². The molecular formula is C27H31N3O3S. The van der Waals surface area contributed by atoms with Crippen LogP contribution in [0.2, 0.25) is 0 Å². The van der Waals surface area contributed by atoms with E-state index < -0.39 is 10.0 Å². The van der Waals surface area contributed by atoms with Gasteiger partial charge in [-0.05, 0) is 47.4 Å². The van der Waals surface area contributed by atoms with Crippen molar-refractivity contribution in [2.75, 3.05) is 31.5 Å². The normalized spacial score (nSPS) is 15.4. The lowest BCUT2D eigenvalue weighted by molar-refractivity contribution is 0.102. The first-order valence-corrected chi connectivity index (χ1v) is 13.1. The molecule has 1 aliphatic heterocycles. The van der Waals surface area contributed by atoms with E-state index in [9.17, 15) is 13.2 Å². The molecule has 0 aromatic heterocycles. The standard InChI is InChI=1S/C27H31N3O3S/c1-21(2)25-13-6-7-14-26(25)28-27(31)23-10-8-9-22(19-23)20-29-15-17-30(18-16-29)34(32,33)24-11-4-3-5-12-24/h3-14,19,21H,15-18,20H2,1-2H3,(H,28,31). The van der Waals surface area contributed by atoms with Gasteiger partial charge in [0.15, 0.2) is 0 Å². The van der Waals surface area contributed by atoms with Crippen molar-refractivity contribution in [2.45, 2.75) is 31.2 Å². The second-order valence-corrected chi connectivity index (χ2v) is 10.8. The third kappa shape index (κ3) is 5.55.